The molecule has 6 heteroatoms. The van der Waals surface area contributed by atoms with Crippen LogP contribution in [0, 0.1) is 0 Å². The highest BCUT2D eigenvalue weighted by Crippen LogP contribution is 2.20. The van der Waals surface area contributed by atoms with Crippen molar-refractivity contribution in [3.05, 3.63) is 29.0 Å². The van der Waals surface area contributed by atoms with Crippen molar-refractivity contribution in [2.75, 3.05) is 6.54 Å². The third-order valence-electron chi connectivity index (χ3n) is 2.58. The van der Waals surface area contributed by atoms with Gasteiger partial charge in [-0.25, -0.2) is 0 Å². The predicted octanol–water partition coefficient (Wildman–Crippen LogP) is 1.84. The van der Waals surface area contributed by atoms with Gasteiger partial charge in [0, 0.05) is 23.7 Å². The van der Waals surface area contributed by atoms with Gasteiger partial charge in [0.2, 0.25) is 0 Å². The Labute approximate surface area is 105 Å². The van der Waals surface area contributed by atoms with Gasteiger partial charge in [-0.15, -0.1) is 5.10 Å². The fourth-order valence-corrected chi connectivity index (χ4v) is 2.16. The van der Waals surface area contributed by atoms with E-state index < -0.39 is 0 Å². The highest BCUT2D eigenvalue weighted by atomic mass is 32.1. The maximum Gasteiger partial charge on any atom is 0.0971 e. The van der Waals surface area contributed by atoms with Gasteiger partial charge >= 0.3 is 0 Å². The molecular formula is C11H17N5S. The van der Waals surface area contributed by atoms with E-state index in [4.69, 9.17) is 0 Å². The largest absolute Gasteiger partial charge is 0.305 e. The summed E-state index contributed by atoms with van der Waals surface area (Å²) in [6, 6.07) is 0.106. The van der Waals surface area contributed by atoms with Crippen molar-refractivity contribution in [2.24, 2.45) is 0 Å². The number of nitrogens with zero attached hydrogens (tertiary/aromatic N) is 4. The molecule has 0 aromatic carbocycles. The van der Waals surface area contributed by atoms with Crippen LogP contribution in [0.3, 0.4) is 0 Å². The summed E-state index contributed by atoms with van der Waals surface area (Å²) >= 11 is 1.38. The standard InChI is InChI=1S/C11H17N5S/c1-3-5-12-11(10-8-17-15-14-10)9-6-13-16(4-2)7-9/h6-8,11-12H,3-5H2,1-2H3. The van der Waals surface area contributed by atoms with Gasteiger partial charge in [-0.1, -0.05) is 11.4 Å². The van der Waals surface area contributed by atoms with Crippen LogP contribution in [0.15, 0.2) is 17.8 Å². The minimum atomic E-state index is 0.106. The molecule has 0 bridgehead atoms. The normalized spacial score (nSPS) is 12.8. The summed E-state index contributed by atoms with van der Waals surface area (Å²) in [5.41, 5.74) is 2.12. The van der Waals surface area contributed by atoms with Gasteiger partial charge in [0.1, 0.15) is 0 Å². The number of hydrogen-bond donors (Lipinski definition) is 1. The van der Waals surface area contributed by atoms with Gasteiger partial charge in [-0.3, -0.25) is 4.68 Å². The first-order chi connectivity index (χ1) is 8.35. The van der Waals surface area contributed by atoms with Crippen LogP contribution in [0.25, 0.3) is 0 Å². The van der Waals surface area contributed by atoms with Crippen molar-refractivity contribution in [1.82, 2.24) is 24.7 Å². The lowest BCUT2D eigenvalue weighted by atomic mass is 10.1. The van der Waals surface area contributed by atoms with Crippen molar-refractivity contribution in [3.63, 3.8) is 0 Å². The van der Waals surface area contributed by atoms with Gasteiger partial charge in [-0.05, 0) is 31.4 Å². The molecule has 0 fully saturated rings. The molecule has 2 aromatic heterocycles. The maximum absolute atomic E-state index is 4.31. The zero-order chi connectivity index (χ0) is 12.1. The molecule has 0 saturated carbocycles. The molecule has 92 valence electrons. The summed E-state index contributed by atoms with van der Waals surface area (Å²) in [4.78, 5) is 0. The highest BCUT2D eigenvalue weighted by Gasteiger charge is 2.17. The second-order valence-electron chi connectivity index (χ2n) is 3.85. The van der Waals surface area contributed by atoms with Crippen molar-refractivity contribution in [3.8, 4) is 0 Å². The van der Waals surface area contributed by atoms with E-state index in [1.54, 1.807) is 0 Å². The van der Waals surface area contributed by atoms with E-state index in [2.05, 4.69) is 40.0 Å². The molecule has 1 N–H and O–H groups in total. The lowest BCUT2D eigenvalue weighted by Gasteiger charge is -2.13. The Morgan fingerprint density at radius 1 is 1.47 bits per heavy atom. The fourth-order valence-electron chi connectivity index (χ4n) is 1.68. The summed E-state index contributed by atoms with van der Waals surface area (Å²) in [5, 5.41) is 13.9. The van der Waals surface area contributed by atoms with E-state index >= 15 is 0 Å². The predicted molar refractivity (Wildman–Crippen MR) is 67.9 cm³/mol. The number of hydrogen-bond acceptors (Lipinski definition) is 5. The van der Waals surface area contributed by atoms with Gasteiger partial charge < -0.3 is 5.32 Å². The average molecular weight is 251 g/mol. The molecule has 1 atom stereocenters. The number of rotatable bonds is 6. The smallest absolute Gasteiger partial charge is 0.0971 e. The number of nitrogens with one attached hydrogen (secondary N) is 1. The number of aryl methyl sites for hydroxylation is 1. The van der Waals surface area contributed by atoms with Crippen LogP contribution in [0.5, 0.6) is 0 Å². The van der Waals surface area contributed by atoms with Crippen LogP contribution in [-0.2, 0) is 6.54 Å². The lowest BCUT2D eigenvalue weighted by Crippen LogP contribution is -2.23. The molecule has 1 unspecified atom stereocenters. The molecule has 0 radical (unpaired) electrons. The third-order valence-corrected chi connectivity index (χ3v) is 3.10. The van der Waals surface area contributed by atoms with Crippen LogP contribution in [-0.4, -0.2) is 25.9 Å². The van der Waals surface area contributed by atoms with E-state index in [0.29, 0.717) is 0 Å². The van der Waals surface area contributed by atoms with Gasteiger partial charge in [0.15, 0.2) is 0 Å². The zero-order valence-electron chi connectivity index (χ0n) is 10.1. The minimum absolute atomic E-state index is 0.106. The van der Waals surface area contributed by atoms with E-state index in [-0.39, 0.29) is 6.04 Å². The Balaban J connectivity index is 2.20. The summed E-state index contributed by atoms with van der Waals surface area (Å²) in [5.74, 6) is 0. The van der Waals surface area contributed by atoms with Crippen LogP contribution in [0.2, 0.25) is 0 Å². The molecule has 0 saturated heterocycles. The Morgan fingerprint density at radius 3 is 2.94 bits per heavy atom. The Hall–Kier alpha value is -1.27. The molecule has 0 aliphatic rings. The van der Waals surface area contributed by atoms with Crippen molar-refractivity contribution >= 4 is 11.5 Å². The fraction of sp³-hybridized carbons (Fsp3) is 0.545. The second kappa shape index (κ2) is 5.88. The summed E-state index contributed by atoms with van der Waals surface area (Å²) in [7, 11) is 0. The molecule has 0 amide bonds. The molecule has 0 aliphatic carbocycles. The van der Waals surface area contributed by atoms with Crippen molar-refractivity contribution in [2.45, 2.75) is 32.9 Å². The molecule has 2 heterocycles. The minimum Gasteiger partial charge on any atom is -0.305 e. The topological polar surface area (TPSA) is 55.6 Å². The summed E-state index contributed by atoms with van der Waals surface area (Å²) in [6.07, 6.45) is 5.05. The molecular weight excluding hydrogens is 234 g/mol. The lowest BCUT2D eigenvalue weighted by molar-refractivity contribution is 0.583. The molecule has 17 heavy (non-hydrogen) atoms. The van der Waals surface area contributed by atoms with Crippen LogP contribution in [0.4, 0.5) is 0 Å². The van der Waals surface area contributed by atoms with Gasteiger partial charge in [-0.2, -0.15) is 5.10 Å². The van der Waals surface area contributed by atoms with E-state index in [1.165, 1.54) is 11.5 Å². The van der Waals surface area contributed by atoms with Gasteiger partial charge in [0.25, 0.3) is 0 Å². The second-order valence-corrected chi connectivity index (χ2v) is 4.46. The summed E-state index contributed by atoms with van der Waals surface area (Å²) in [6.45, 7) is 6.07. The van der Waals surface area contributed by atoms with Crippen LogP contribution in [0.1, 0.15) is 37.6 Å². The highest BCUT2D eigenvalue weighted by molar-refractivity contribution is 7.03. The Kier molecular flexibility index (Phi) is 4.22. The zero-order valence-corrected chi connectivity index (χ0v) is 10.9. The molecule has 0 spiro atoms. The molecule has 0 aliphatic heterocycles. The van der Waals surface area contributed by atoms with Crippen molar-refractivity contribution < 1.29 is 0 Å². The monoisotopic (exact) mass is 251 g/mol. The van der Waals surface area contributed by atoms with Crippen LogP contribution >= 0.6 is 11.5 Å². The Bertz CT molecular complexity index is 436. The van der Waals surface area contributed by atoms with Crippen molar-refractivity contribution in [1.29, 1.82) is 0 Å². The van der Waals surface area contributed by atoms with E-state index in [1.807, 2.05) is 16.3 Å². The summed E-state index contributed by atoms with van der Waals surface area (Å²) < 4.78 is 5.85. The first-order valence-corrected chi connectivity index (χ1v) is 6.71. The quantitative estimate of drug-likeness (QED) is 0.851. The van der Waals surface area contributed by atoms with E-state index in [0.717, 1.165) is 30.8 Å². The first-order valence-electron chi connectivity index (χ1n) is 5.87. The van der Waals surface area contributed by atoms with E-state index in [9.17, 15) is 0 Å². The van der Waals surface area contributed by atoms with Crippen LogP contribution < -0.4 is 5.32 Å². The maximum atomic E-state index is 4.31. The molecule has 2 aromatic rings. The Morgan fingerprint density at radius 2 is 2.35 bits per heavy atom. The number of aromatic nitrogens is 4. The first kappa shape index (κ1) is 12.2. The average Bonchev–Trinajstić information content (AvgIpc) is 3.00. The third kappa shape index (κ3) is 2.89. The molecule has 2 rings (SSSR count). The van der Waals surface area contributed by atoms with Gasteiger partial charge in [0.05, 0.1) is 17.9 Å². The molecule has 5 nitrogen and oxygen atoms in total. The SMILES string of the molecule is CCCNC(c1cnn(CC)c1)c1csnn1.